The molecule has 23 heavy (non-hydrogen) atoms. The van der Waals surface area contributed by atoms with E-state index in [4.69, 9.17) is 6.42 Å². The first kappa shape index (κ1) is 17.3. The Kier molecular flexibility index (Phi) is 5.30. The molecule has 0 spiro atoms. The zero-order chi connectivity index (χ0) is 17.0. The van der Waals surface area contributed by atoms with Gasteiger partial charge in [0.1, 0.15) is 0 Å². The molecule has 2 rings (SSSR count). The van der Waals surface area contributed by atoms with Crippen molar-refractivity contribution in [3.8, 4) is 12.3 Å². The maximum atomic E-state index is 13.0. The Morgan fingerprint density at radius 2 is 1.74 bits per heavy atom. The summed E-state index contributed by atoms with van der Waals surface area (Å²) in [5, 5.41) is 1.63. The van der Waals surface area contributed by atoms with Crippen LogP contribution in [-0.4, -0.2) is 39.9 Å². The molecule has 0 atom stereocenters. The molecule has 5 heteroatoms. The third-order valence-corrected chi connectivity index (χ3v) is 5.60. The van der Waals surface area contributed by atoms with Crippen LogP contribution in [0.3, 0.4) is 0 Å². The van der Waals surface area contributed by atoms with Crippen LogP contribution in [-0.2, 0) is 10.0 Å². The summed E-state index contributed by atoms with van der Waals surface area (Å²) in [7, 11) is 0.262. The Labute approximate surface area is 138 Å². The summed E-state index contributed by atoms with van der Waals surface area (Å²) < 4.78 is 27.4. The van der Waals surface area contributed by atoms with Gasteiger partial charge >= 0.3 is 0 Å². The first-order valence-corrected chi connectivity index (χ1v) is 9.00. The van der Waals surface area contributed by atoms with Crippen molar-refractivity contribution in [3.05, 3.63) is 36.4 Å². The number of hydrogen-bond donors (Lipinski definition) is 0. The number of hydrogen-bond acceptors (Lipinski definition) is 3. The molecule has 0 aliphatic carbocycles. The molecule has 0 radical (unpaired) electrons. The Balaban J connectivity index is 2.68. The third-order valence-electron chi connectivity index (χ3n) is 3.70. The highest BCUT2D eigenvalue weighted by atomic mass is 32.2. The molecule has 0 bridgehead atoms. The monoisotopic (exact) mass is 330 g/mol. The first-order chi connectivity index (χ1) is 10.9. The SMILES string of the molecule is C#CCN(CCC)S(=O)(=O)c1cccc2c(N(C)C)cccc12. The van der Waals surface area contributed by atoms with Crippen LogP contribution < -0.4 is 4.90 Å². The third kappa shape index (κ3) is 3.34. The van der Waals surface area contributed by atoms with Crippen molar-refractivity contribution in [2.75, 3.05) is 32.1 Å². The number of nitrogens with zero attached hydrogens (tertiary/aromatic N) is 2. The number of terminal acetylenes is 1. The van der Waals surface area contributed by atoms with Crippen molar-refractivity contribution in [1.29, 1.82) is 0 Å². The lowest BCUT2D eigenvalue weighted by Gasteiger charge is -2.21. The quantitative estimate of drug-likeness (QED) is 0.765. The fourth-order valence-corrected chi connectivity index (χ4v) is 4.31. The topological polar surface area (TPSA) is 40.6 Å². The minimum atomic E-state index is -3.62. The van der Waals surface area contributed by atoms with Crippen molar-refractivity contribution < 1.29 is 8.42 Å². The Morgan fingerprint density at radius 3 is 2.35 bits per heavy atom. The highest BCUT2D eigenvalue weighted by Gasteiger charge is 2.25. The number of benzene rings is 2. The van der Waals surface area contributed by atoms with Crippen LogP contribution in [0.5, 0.6) is 0 Å². The summed E-state index contributed by atoms with van der Waals surface area (Å²) in [5.41, 5.74) is 0.985. The fourth-order valence-electron chi connectivity index (χ4n) is 2.65. The van der Waals surface area contributed by atoms with Crippen molar-refractivity contribution in [2.24, 2.45) is 0 Å². The van der Waals surface area contributed by atoms with Gasteiger partial charge in [-0.3, -0.25) is 0 Å². The van der Waals surface area contributed by atoms with E-state index in [9.17, 15) is 8.42 Å². The smallest absolute Gasteiger partial charge is 0.244 e. The highest BCUT2D eigenvalue weighted by molar-refractivity contribution is 7.89. The van der Waals surface area contributed by atoms with Crippen molar-refractivity contribution >= 4 is 26.5 Å². The molecule has 0 unspecified atom stereocenters. The fraction of sp³-hybridized carbons (Fsp3) is 0.333. The van der Waals surface area contributed by atoms with Gasteiger partial charge in [-0.05, 0) is 18.6 Å². The van der Waals surface area contributed by atoms with Gasteiger partial charge in [-0.1, -0.05) is 37.1 Å². The Hall–Kier alpha value is -2.03. The van der Waals surface area contributed by atoms with Gasteiger partial charge in [0.05, 0.1) is 11.4 Å². The van der Waals surface area contributed by atoms with E-state index in [0.29, 0.717) is 17.9 Å². The number of rotatable bonds is 6. The molecular weight excluding hydrogens is 308 g/mol. The van der Waals surface area contributed by atoms with Crippen LogP contribution in [0.2, 0.25) is 0 Å². The van der Waals surface area contributed by atoms with Crippen molar-refractivity contribution in [1.82, 2.24) is 4.31 Å². The van der Waals surface area contributed by atoms with Gasteiger partial charge in [-0.15, -0.1) is 6.42 Å². The van der Waals surface area contributed by atoms with E-state index in [1.54, 1.807) is 12.1 Å². The predicted molar refractivity (Wildman–Crippen MR) is 96.2 cm³/mol. The van der Waals surface area contributed by atoms with E-state index in [0.717, 1.165) is 16.5 Å². The molecule has 122 valence electrons. The van der Waals surface area contributed by atoms with Gasteiger partial charge in [0.25, 0.3) is 0 Å². The first-order valence-electron chi connectivity index (χ1n) is 7.56. The van der Waals surface area contributed by atoms with Crippen LogP contribution in [0.4, 0.5) is 5.69 Å². The second-order valence-electron chi connectivity index (χ2n) is 5.57. The standard InChI is InChI=1S/C18H22N2O2S/c1-5-13-20(14-6-2)23(21,22)18-12-8-9-15-16(18)10-7-11-17(15)19(3)4/h1,7-12H,6,13-14H2,2-4H3. The van der Waals surface area contributed by atoms with Crippen LogP contribution in [0, 0.1) is 12.3 Å². The van der Waals surface area contributed by atoms with Crippen molar-refractivity contribution in [2.45, 2.75) is 18.2 Å². The van der Waals surface area contributed by atoms with Crippen LogP contribution >= 0.6 is 0 Å². The summed E-state index contributed by atoms with van der Waals surface area (Å²) >= 11 is 0. The normalized spacial score (nSPS) is 11.6. The highest BCUT2D eigenvalue weighted by Crippen LogP contribution is 2.31. The molecule has 0 fully saturated rings. The molecule has 0 saturated heterocycles. The molecular formula is C18H22N2O2S. The molecule has 0 amide bonds. The molecule has 4 nitrogen and oxygen atoms in total. The van der Waals surface area contributed by atoms with Gasteiger partial charge in [-0.25, -0.2) is 8.42 Å². The second-order valence-corrected chi connectivity index (χ2v) is 7.47. The lowest BCUT2D eigenvalue weighted by molar-refractivity contribution is 0.446. The minimum absolute atomic E-state index is 0.0833. The Morgan fingerprint density at radius 1 is 1.09 bits per heavy atom. The number of sulfonamides is 1. The molecule has 0 heterocycles. The van der Waals surface area contributed by atoms with E-state index in [-0.39, 0.29) is 6.54 Å². The lowest BCUT2D eigenvalue weighted by atomic mass is 10.1. The van der Waals surface area contributed by atoms with E-state index in [2.05, 4.69) is 5.92 Å². The largest absolute Gasteiger partial charge is 0.377 e. The van der Waals surface area contributed by atoms with Crippen LogP contribution in [0.15, 0.2) is 41.3 Å². The zero-order valence-corrected chi connectivity index (χ0v) is 14.6. The molecule has 0 saturated carbocycles. The van der Waals surface area contributed by atoms with Gasteiger partial charge in [-0.2, -0.15) is 4.31 Å². The number of fused-ring (bicyclic) bond motifs is 1. The van der Waals surface area contributed by atoms with E-state index >= 15 is 0 Å². The summed E-state index contributed by atoms with van der Waals surface area (Å²) in [6.07, 6.45) is 6.07. The van der Waals surface area contributed by atoms with Gasteiger partial charge in [0.15, 0.2) is 0 Å². The van der Waals surface area contributed by atoms with Crippen molar-refractivity contribution in [3.63, 3.8) is 0 Å². The van der Waals surface area contributed by atoms with E-state index < -0.39 is 10.0 Å². The minimum Gasteiger partial charge on any atom is -0.377 e. The Bertz CT molecular complexity index is 836. The van der Waals surface area contributed by atoms with Crippen LogP contribution in [0.1, 0.15) is 13.3 Å². The molecule has 0 aromatic heterocycles. The summed E-state index contributed by atoms with van der Waals surface area (Å²) in [5.74, 6) is 2.44. The molecule has 2 aromatic carbocycles. The molecule has 0 aliphatic heterocycles. The number of anilines is 1. The maximum absolute atomic E-state index is 13.0. The summed E-state index contributed by atoms with van der Waals surface area (Å²) in [4.78, 5) is 2.28. The summed E-state index contributed by atoms with van der Waals surface area (Å²) in [6.45, 7) is 2.43. The lowest BCUT2D eigenvalue weighted by Crippen LogP contribution is -2.32. The van der Waals surface area contributed by atoms with Gasteiger partial charge in [0, 0.05) is 37.1 Å². The molecule has 0 aliphatic rings. The van der Waals surface area contributed by atoms with E-state index in [1.807, 2.05) is 50.2 Å². The molecule has 2 aromatic rings. The maximum Gasteiger partial charge on any atom is 0.244 e. The average molecular weight is 330 g/mol. The predicted octanol–water partition coefficient (Wildman–Crippen LogP) is 2.94. The summed E-state index contributed by atoms with van der Waals surface area (Å²) in [6, 6.07) is 11.1. The van der Waals surface area contributed by atoms with E-state index in [1.165, 1.54) is 4.31 Å². The zero-order valence-electron chi connectivity index (χ0n) is 13.8. The molecule has 0 N–H and O–H groups in total. The van der Waals surface area contributed by atoms with Gasteiger partial charge < -0.3 is 4.90 Å². The second kappa shape index (κ2) is 7.03. The average Bonchev–Trinajstić information content (AvgIpc) is 2.53. The van der Waals surface area contributed by atoms with Gasteiger partial charge in [0.2, 0.25) is 10.0 Å². The van der Waals surface area contributed by atoms with Crippen LogP contribution in [0.25, 0.3) is 10.8 Å².